The van der Waals surface area contributed by atoms with E-state index in [9.17, 15) is 13.6 Å². The zero-order chi connectivity index (χ0) is 29.6. The zero-order valence-corrected chi connectivity index (χ0v) is 25.0. The number of nitrogen functional groups attached to an aromatic ring is 1. The Balaban J connectivity index is 1.35. The number of anilines is 3. The molecule has 0 bridgehead atoms. The van der Waals surface area contributed by atoms with Gasteiger partial charge in [-0.2, -0.15) is 0 Å². The van der Waals surface area contributed by atoms with Crippen molar-refractivity contribution in [3.63, 3.8) is 0 Å². The number of piperidine rings is 1. The molecule has 2 fully saturated rings. The Kier molecular flexibility index (Phi) is 9.74. The van der Waals surface area contributed by atoms with E-state index in [4.69, 9.17) is 15.9 Å². The van der Waals surface area contributed by atoms with Gasteiger partial charge in [0.05, 0.1) is 5.56 Å². The lowest BCUT2D eigenvalue weighted by Gasteiger charge is -2.34. The first-order valence-electron chi connectivity index (χ1n) is 14.3. The van der Waals surface area contributed by atoms with E-state index in [1.54, 1.807) is 18.2 Å². The number of hydrogen-bond acceptors (Lipinski definition) is 6. The van der Waals surface area contributed by atoms with Crippen LogP contribution < -0.4 is 21.3 Å². The van der Waals surface area contributed by atoms with E-state index in [1.807, 2.05) is 18.2 Å². The monoisotopic (exact) mass is 639 g/mol. The van der Waals surface area contributed by atoms with E-state index in [2.05, 4.69) is 31.5 Å². The molecule has 2 heterocycles. The molecule has 2 saturated heterocycles. The predicted molar refractivity (Wildman–Crippen MR) is 167 cm³/mol. The van der Waals surface area contributed by atoms with Gasteiger partial charge >= 0.3 is 0 Å². The SMILES string of the molecule is N=C(NC(=O)c1ccc(N2CCC(CBr)CC2)cc1NC1CCOCC1)c1cc(Cc2cc(F)cc(F)c2)ccc1N. The molecule has 222 valence electrons. The molecule has 0 aliphatic carbocycles. The first kappa shape index (κ1) is 30.0. The number of halogens is 3. The summed E-state index contributed by atoms with van der Waals surface area (Å²) in [7, 11) is 0. The number of benzene rings is 3. The van der Waals surface area contributed by atoms with Crippen molar-refractivity contribution in [3.05, 3.63) is 88.5 Å². The second-order valence-corrected chi connectivity index (χ2v) is 11.7. The summed E-state index contributed by atoms with van der Waals surface area (Å²) in [4.78, 5) is 15.9. The summed E-state index contributed by atoms with van der Waals surface area (Å²) < 4.78 is 32.9. The van der Waals surface area contributed by atoms with Gasteiger partial charge in [-0.3, -0.25) is 10.2 Å². The Morgan fingerprint density at radius 3 is 2.36 bits per heavy atom. The van der Waals surface area contributed by atoms with Gasteiger partial charge in [0.25, 0.3) is 5.91 Å². The minimum atomic E-state index is -0.653. The maximum Gasteiger partial charge on any atom is 0.258 e. The molecule has 10 heteroatoms. The maximum absolute atomic E-state index is 13.7. The lowest BCUT2D eigenvalue weighted by atomic mass is 9.98. The van der Waals surface area contributed by atoms with Crippen molar-refractivity contribution in [2.45, 2.75) is 38.1 Å². The number of hydrogen-bond donors (Lipinski definition) is 4. The number of nitrogens with two attached hydrogens (primary N) is 1. The summed E-state index contributed by atoms with van der Waals surface area (Å²) in [6.45, 7) is 3.25. The third-order valence-corrected chi connectivity index (χ3v) is 8.90. The zero-order valence-electron chi connectivity index (χ0n) is 23.4. The molecule has 0 radical (unpaired) electrons. The molecule has 5 N–H and O–H groups in total. The number of alkyl halides is 1. The number of rotatable bonds is 8. The second-order valence-electron chi connectivity index (χ2n) is 11.1. The fraction of sp³-hybridized carbons (Fsp3) is 0.375. The van der Waals surface area contributed by atoms with Crippen LogP contribution in [0.15, 0.2) is 54.6 Å². The fourth-order valence-electron chi connectivity index (χ4n) is 5.58. The largest absolute Gasteiger partial charge is 0.398 e. The molecule has 3 aromatic rings. The van der Waals surface area contributed by atoms with Crippen LogP contribution in [0.1, 0.15) is 52.7 Å². The highest BCUT2D eigenvalue weighted by atomic mass is 79.9. The molecule has 42 heavy (non-hydrogen) atoms. The van der Waals surface area contributed by atoms with Gasteiger partial charge < -0.3 is 26.0 Å². The number of ether oxygens (including phenoxy) is 1. The molecule has 0 saturated carbocycles. The van der Waals surface area contributed by atoms with E-state index >= 15 is 0 Å². The number of nitrogens with one attached hydrogen (secondary N) is 3. The van der Waals surface area contributed by atoms with Crippen LogP contribution in [0.3, 0.4) is 0 Å². The number of nitrogens with zero attached hydrogens (tertiary/aromatic N) is 1. The highest BCUT2D eigenvalue weighted by Gasteiger charge is 2.23. The van der Waals surface area contributed by atoms with Gasteiger partial charge in [-0.1, -0.05) is 22.0 Å². The third-order valence-electron chi connectivity index (χ3n) is 7.98. The van der Waals surface area contributed by atoms with Crippen LogP contribution in [-0.2, 0) is 11.2 Å². The van der Waals surface area contributed by atoms with E-state index in [0.717, 1.165) is 61.5 Å². The standard InChI is InChI=1S/C32H36BrF2N5O2/c33-19-20-5-9-40(10-6-20)26-2-3-27(30(18-26)38-25-7-11-42-12-8-25)32(41)39-31(37)28-16-21(1-4-29(28)36)13-22-14-23(34)17-24(35)15-22/h1-4,14-18,20,25,38H,5-13,19,36H2,(H2,37,39,41). The normalized spacial score (nSPS) is 16.3. The van der Waals surface area contributed by atoms with Gasteiger partial charge in [0.15, 0.2) is 0 Å². The summed E-state index contributed by atoms with van der Waals surface area (Å²) in [6, 6.07) is 14.4. The first-order chi connectivity index (χ1) is 20.3. The predicted octanol–water partition coefficient (Wildman–Crippen LogP) is 6.10. The summed E-state index contributed by atoms with van der Waals surface area (Å²) >= 11 is 3.61. The molecule has 1 amide bonds. The van der Waals surface area contributed by atoms with Crippen molar-refractivity contribution in [1.29, 1.82) is 5.41 Å². The topological polar surface area (TPSA) is 103 Å². The summed E-state index contributed by atoms with van der Waals surface area (Å²) in [5.41, 5.74) is 10.2. The van der Waals surface area contributed by atoms with Crippen molar-refractivity contribution in [1.82, 2.24) is 5.32 Å². The van der Waals surface area contributed by atoms with Gasteiger partial charge in [-0.25, -0.2) is 8.78 Å². The molecule has 0 spiro atoms. The van der Waals surface area contributed by atoms with E-state index in [1.165, 1.54) is 12.1 Å². The van der Waals surface area contributed by atoms with Crippen molar-refractivity contribution in [2.24, 2.45) is 5.92 Å². The van der Waals surface area contributed by atoms with Crippen molar-refractivity contribution in [2.75, 3.05) is 47.6 Å². The highest BCUT2D eigenvalue weighted by molar-refractivity contribution is 9.09. The van der Waals surface area contributed by atoms with Crippen molar-refractivity contribution < 1.29 is 18.3 Å². The van der Waals surface area contributed by atoms with E-state index < -0.39 is 17.5 Å². The lowest BCUT2D eigenvalue weighted by Crippen LogP contribution is -2.35. The van der Waals surface area contributed by atoms with Crippen LogP contribution in [0.25, 0.3) is 0 Å². The van der Waals surface area contributed by atoms with Gasteiger partial charge in [0, 0.05) is 66.4 Å². The summed E-state index contributed by atoms with van der Waals surface area (Å²) in [6.07, 6.45) is 4.16. The van der Waals surface area contributed by atoms with Gasteiger partial charge in [0.2, 0.25) is 0 Å². The molecule has 3 aromatic carbocycles. The number of carbonyl (C=O) groups is 1. The minimum absolute atomic E-state index is 0.150. The van der Waals surface area contributed by atoms with Crippen molar-refractivity contribution >= 4 is 44.7 Å². The second kappa shape index (κ2) is 13.6. The molecule has 0 aromatic heterocycles. The van der Waals surface area contributed by atoms with Crippen LogP contribution >= 0.6 is 15.9 Å². The van der Waals surface area contributed by atoms with E-state index in [-0.39, 0.29) is 18.3 Å². The number of amides is 1. The molecular weight excluding hydrogens is 604 g/mol. The first-order valence-corrected chi connectivity index (χ1v) is 15.4. The summed E-state index contributed by atoms with van der Waals surface area (Å²) in [5.74, 6) is -1.20. The minimum Gasteiger partial charge on any atom is -0.398 e. The molecule has 0 unspecified atom stereocenters. The summed E-state index contributed by atoms with van der Waals surface area (Å²) in [5, 5.41) is 16.0. The average Bonchev–Trinajstić information content (AvgIpc) is 2.98. The molecular formula is C32H36BrF2N5O2. The maximum atomic E-state index is 13.7. The Labute approximate surface area is 253 Å². The molecule has 2 aliphatic rings. The van der Waals surface area contributed by atoms with Crippen LogP contribution in [0.2, 0.25) is 0 Å². The molecule has 2 aliphatic heterocycles. The smallest absolute Gasteiger partial charge is 0.258 e. The lowest BCUT2D eigenvalue weighted by molar-refractivity contribution is 0.0904. The average molecular weight is 641 g/mol. The fourth-order valence-corrected chi connectivity index (χ4v) is 6.23. The molecule has 5 rings (SSSR count). The van der Waals surface area contributed by atoms with Gasteiger partial charge in [-0.15, -0.1) is 0 Å². The Morgan fingerprint density at radius 1 is 0.952 bits per heavy atom. The van der Waals surface area contributed by atoms with Crippen LogP contribution in [-0.4, -0.2) is 49.4 Å². The molecule has 0 atom stereocenters. The quantitative estimate of drug-likeness (QED) is 0.103. The van der Waals surface area contributed by atoms with Crippen molar-refractivity contribution in [3.8, 4) is 0 Å². The molecule has 7 nitrogen and oxygen atoms in total. The van der Waals surface area contributed by atoms with Crippen LogP contribution in [0, 0.1) is 23.0 Å². The van der Waals surface area contributed by atoms with Crippen LogP contribution in [0.5, 0.6) is 0 Å². The van der Waals surface area contributed by atoms with E-state index in [0.29, 0.717) is 47.1 Å². The third kappa shape index (κ3) is 7.46. The number of carbonyl (C=O) groups excluding carboxylic acids is 1. The van der Waals surface area contributed by atoms with Gasteiger partial charge in [-0.05, 0) is 91.6 Å². The van der Waals surface area contributed by atoms with Crippen LogP contribution in [0.4, 0.5) is 25.8 Å². The Hall–Kier alpha value is -3.50. The highest BCUT2D eigenvalue weighted by Crippen LogP contribution is 2.30. The number of amidine groups is 1. The van der Waals surface area contributed by atoms with Gasteiger partial charge in [0.1, 0.15) is 17.5 Å². The Morgan fingerprint density at radius 2 is 1.67 bits per heavy atom. The Bertz CT molecular complexity index is 1420.